The maximum absolute atomic E-state index is 13.6. The average molecular weight is 456 g/mol. The number of aromatic nitrogens is 3. The van der Waals surface area contributed by atoms with Gasteiger partial charge in [-0.2, -0.15) is 5.10 Å². The number of rotatable bonds is 6. The van der Waals surface area contributed by atoms with Gasteiger partial charge in [0.25, 0.3) is 0 Å². The first-order chi connectivity index (χ1) is 16.6. The van der Waals surface area contributed by atoms with Gasteiger partial charge in [-0.05, 0) is 53.9 Å². The van der Waals surface area contributed by atoms with E-state index in [4.69, 9.17) is 5.10 Å². The van der Waals surface area contributed by atoms with E-state index in [1.165, 1.54) is 17.7 Å². The van der Waals surface area contributed by atoms with E-state index in [1.54, 1.807) is 12.1 Å². The first-order valence-electron chi connectivity index (χ1n) is 11.9. The summed E-state index contributed by atoms with van der Waals surface area (Å²) in [5, 5.41) is 4.94. The van der Waals surface area contributed by atoms with Crippen LogP contribution in [0.5, 0.6) is 0 Å². The smallest absolute Gasteiger partial charge is 0.128 e. The highest BCUT2D eigenvalue weighted by Crippen LogP contribution is 2.27. The van der Waals surface area contributed by atoms with Crippen molar-refractivity contribution in [2.45, 2.75) is 26.3 Å². The van der Waals surface area contributed by atoms with Gasteiger partial charge in [0.2, 0.25) is 0 Å². The molecule has 0 aliphatic carbocycles. The molecule has 1 aliphatic heterocycles. The summed E-state index contributed by atoms with van der Waals surface area (Å²) < 4.78 is 15.5. The highest BCUT2D eigenvalue weighted by molar-refractivity contribution is 5.63. The van der Waals surface area contributed by atoms with E-state index in [2.05, 4.69) is 65.0 Å². The number of pyridine rings is 1. The number of halogens is 1. The predicted molar refractivity (Wildman–Crippen MR) is 135 cm³/mol. The Morgan fingerprint density at radius 3 is 2.26 bits per heavy atom. The van der Waals surface area contributed by atoms with Crippen molar-refractivity contribution in [1.82, 2.24) is 19.7 Å². The summed E-state index contributed by atoms with van der Waals surface area (Å²) in [7, 11) is 0. The fourth-order valence-corrected chi connectivity index (χ4v) is 4.44. The van der Waals surface area contributed by atoms with E-state index in [9.17, 15) is 4.39 Å². The van der Waals surface area contributed by atoms with Gasteiger partial charge in [-0.15, -0.1) is 0 Å². The lowest BCUT2D eigenvalue weighted by Gasteiger charge is -2.35. The number of hydrogen-bond donors (Lipinski definition) is 0. The van der Waals surface area contributed by atoms with Crippen LogP contribution >= 0.6 is 0 Å². The SMILES string of the molecule is CC(C)c1ccc(-c2cc(CN3CCN(c4ccccn4)CC3)nn2-c2ccc(F)cc2)cc1. The van der Waals surface area contributed by atoms with Crippen molar-refractivity contribution in [2.75, 3.05) is 31.1 Å². The van der Waals surface area contributed by atoms with Crippen molar-refractivity contribution in [2.24, 2.45) is 0 Å². The lowest BCUT2D eigenvalue weighted by atomic mass is 10.0. The van der Waals surface area contributed by atoms with Gasteiger partial charge in [-0.3, -0.25) is 4.90 Å². The van der Waals surface area contributed by atoms with E-state index >= 15 is 0 Å². The Bertz CT molecular complexity index is 1210. The quantitative estimate of drug-likeness (QED) is 0.384. The molecule has 0 atom stereocenters. The van der Waals surface area contributed by atoms with E-state index in [0.29, 0.717) is 5.92 Å². The molecule has 0 saturated carbocycles. The number of anilines is 1. The van der Waals surface area contributed by atoms with Gasteiger partial charge in [0, 0.05) is 44.5 Å². The third-order valence-corrected chi connectivity index (χ3v) is 6.44. The Hall–Kier alpha value is -3.51. The molecule has 2 aromatic heterocycles. The Labute approximate surface area is 200 Å². The predicted octanol–water partition coefficient (Wildman–Crippen LogP) is 5.52. The molecule has 1 aliphatic rings. The molecule has 0 spiro atoms. The first-order valence-corrected chi connectivity index (χ1v) is 11.9. The van der Waals surface area contributed by atoms with Crippen LogP contribution in [-0.4, -0.2) is 45.8 Å². The summed E-state index contributed by atoms with van der Waals surface area (Å²) in [6.45, 7) is 8.98. The standard InChI is InChI=1S/C28H30FN5/c1-21(2)22-6-8-23(9-7-22)27-19-25(31-34(27)26-12-10-24(29)11-13-26)20-32-15-17-33(18-16-32)28-5-3-4-14-30-28/h3-14,19,21H,15-18,20H2,1-2H3. The fraction of sp³-hybridized carbons (Fsp3) is 0.286. The summed E-state index contributed by atoms with van der Waals surface area (Å²) in [6.07, 6.45) is 1.85. The van der Waals surface area contributed by atoms with Crippen molar-refractivity contribution >= 4 is 5.82 Å². The molecule has 3 heterocycles. The van der Waals surface area contributed by atoms with Crippen LogP contribution in [0.2, 0.25) is 0 Å². The Morgan fingerprint density at radius 1 is 0.882 bits per heavy atom. The summed E-state index contributed by atoms with van der Waals surface area (Å²) in [4.78, 5) is 9.24. The zero-order chi connectivity index (χ0) is 23.5. The van der Waals surface area contributed by atoms with Gasteiger partial charge >= 0.3 is 0 Å². The minimum atomic E-state index is -0.246. The lowest BCUT2D eigenvalue weighted by Crippen LogP contribution is -2.46. The minimum Gasteiger partial charge on any atom is -0.354 e. The molecule has 0 radical (unpaired) electrons. The van der Waals surface area contributed by atoms with Crippen molar-refractivity contribution in [3.05, 3.63) is 96.1 Å². The number of piperazine rings is 1. The molecule has 4 aromatic rings. The molecule has 0 bridgehead atoms. The second-order valence-corrected chi connectivity index (χ2v) is 9.14. The van der Waals surface area contributed by atoms with E-state index in [0.717, 1.165) is 61.2 Å². The molecule has 0 amide bonds. The second kappa shape index (κ2) is 9.77. The number of nitrogens with zero attached hydrogens (tertiary/aromatic N) is 5. The van der Waals surface area contributed by atoms with Crippen LogP contribution in [0, 0.1) is 5.82 Å². The third-order valence-electron chi connectivity index (χ3n) is 6.44. The maximum Gasteiger partial charge on any atom is 0.128 e. The molecule has 1 saturated heterocycles. The van der Waals surface area contributed by atoms with Crippen molar-refractivity contribution in [3.8, 4) is 16.9 Å². The summed E-state index contributed by atoms with van der Waals surface area (Å²) in [5.41, 5.74) is 5.30. The van der Waals surface area contributed by atoms with E-state index < -0.39 is 0 Å². The molecular weight excluding hydrogens is 425 g/mol. The summed E-state index contributed by atoms with van der Waals surface area (Å²) in [5.74, 6) is 1.27. The molecule has 6 heteroatoms. The molecule has 1 fully saturated rings. The molecule has 2 aromatic carbocycles. The van der Waals surface area contributed by atoms with Crippen molar-refractivity contribution in [1.29, 1.82) is 0 Å². The Kier molecular flexibility index (Phi) is 6.41. The normalized spacial score (nSPS) is 14.6. The largest absolute Gasteiger partial charge is 0.354 e. The van der Waals surface area contributed by atoms with E-state index in [1.807, 2.05) is 23.0 Å². The lowest BCUT2D eigenvalue weighted by molar-refractivity contribution is 0.246. The highest BCUT2D eigenvalue weighted by atomic mass is 19.1. The van der Waals surface area contributed by atoms with Gasteiger partial charge in [0.1, 0.15) is 11.6 Å². The number of benzene rings is 2. The van der Waals surface area contributed by atoms with Crippen LogP contribution in [-0.2, 0) is 6.54 Å². The highest BCUT2D eigenvalue weighted by Gasteiger charge is 2.20. The summed E-state index contributed by atoms with van der Waals surface area (Å²) >= 11 is 0. The molecule has 34 heavy (non-hydrogen) atoms. The first kappa shape index (κ1) is 22.3. The Morgan fingerprint density at radius 2 is 1.62 bits per heavy atom. The molecule has 0 N–H and O–H groups in total. The van der Waals surface area contributed by atoms with Gasteiger partial charge in [0.05, 0.1) is 17.1 Å². The maximum atomic E-state index is 13.6. The average Bonchev–Trinajstić information content (AvgIpc) is 3.29. The van der Waals surface area contributed by atoms with Crippen LogP contribution in [0.1, 0.15) is 31.0 Å². The summed E-state index contributed by atoms with van der Waals surface area (Å²) in [6, 6.07) is 23.4. The molecular formula is C28H30FN5. The topological polar surface area (TPSA) is 37.2 Å². The van der Waals surface area contributed by atoms with Crippen LogP contribution < -0.4 is 4.90 Å². The van der Waals surface area contributed by atoms with Gasteiger partial charge in [-0.1, -0.05) is 44.2 Å². The third kappa shape index (κ3) is 4.87. The van der Waals surface area contributed by atoms with E-state index in [-0.39, 0.29) is 5.82 Å². The molecule has 0 unspecified atom stereocenters. The van der Waals surface area contributed by atoms with Crippen LogP contribution in [0.25, 0.3) is 16.9 Å². The minimum absolute atomic E-state index is 0.246. The fourth-order valence-electron chi connectivity index (χ4n) is 4.44. The van der Waals surface area contributed by atoms with Crippen LogP contribution in [0.15, 0.2) is 79.0 Å². The van der Waals surface area contributed by atoms with Crippen molar-refractivity contribution < 1.29 is 4.39 Å². The van der Waals surface area contributed by atoms with Crippen LogP contribution in [0.3, 0.4) is 0 Å². The zero-order valence-electron chi connectivity index (χ0n) is 19.7. The van der Waals surface area contributed by atoms with Crippen molar-refractivity contribution in [3.63, 3.8) is 0 Å². The Balaban J connectivity index is 1.38. The second-order valence-electron chi connectivity index (χ2n) is 9.14. The van der Waals surface area contributed by atoms with Gasteiger partial charge < -0.3 is 4.90 Å². The monoisotopic (exact) mass is 455 g/mol. The number of hydrogen-bond acceptors (Lipinski definition) is 4. The zero-order valence-corrected chi connectivity index (χ0v) is 19.7. The van der Waals surface area contributed by atoms with Crippen LogP contribution in [0.4, 0.5) is 10.2 Å². The van der Waals surface area contributed by atoms with Gasteiger partial charge in [-0.25, -0.2) is 14.1 Å². The van der Waals surface area contributed by atoms with Gasteiger partial charge in [0.15, 0.2) is 0 Å². The molecule has 5 nitrogen and oxygen atoms in total. The molecule has 5 rings (SSSR count). The molecule has 174 valence electrons.